The lowest BCUT2D eigenvalue weighted by molar-refractivity contribution is -0.203. The van der Waals surface area contributed by atoms with E-state index in [1.54, 1.807) is 56.7 Å². The van der Waals surface area contributed by atoms with E-state index >= 15 is 0 Å². The Morgan fingerprint density at radius 3 is 2.19 bits per heavy atom. The van der Waals surface area contributed by atoms with Gasteiger partial charge in [-0.3, -0.25) is 4.79 Å². The van der Waals surface area contributed by atoms with Crippen molar-refractivity contribution in [2.24, 2.45) is 16.7 Å². The maximum atomic E-state index is 13.3. The van der Waals surface area contributed by atoms with Crippen LogP contribution in [0.3, 0.4) is 0 Å². The number of nitrogens with one attached hydrogen (secondary N) is 1. The zero-order valence-electron chi connectivity index (χ0n) is 21.8. The van der Waals surface area contributed by atoms with Crippen LogP contribution < -0.4 is 10.1 Å². The molecule has 9 heteroatoms. The average molecular weight is 552 g/mol. The summed E-state index contributed by atoms with van der Waals surface area (Å²) in [7, 11) is 3.18. The van der Waals surface area contributed by atoms with Crippen molar-refractivity contribution in [2.45, 2.75) is 59.0 Å². The number of carboxylic acid groups (broad SMARTS) is 1. The summed E-state index contributed by atoms with van der Waals surface area (Å²) in [6.45, 7) is 6.28. The van der Waals surface area contributed by atoms with E-state index in [0.29, 0.717) is 27.8 Å². The number of hydrogen-bond donors (Lipinski definition) is 2. The molecule has 0 radical (unpaired) electrons. The summed E-state index contributed by atoms with van der Waals surface area (Å²) in [5.41, 5.74) is 0.573. The van der Waals surface area contributed by atoms with Gasteiger partial charge in [0.25, 0.3) is 0 Å². The van der Waals surface area contributed by atoms with Crippen LogP contribution in [-0.4, -0.2) is 43.5 Å². The van der Waals surface area contributed by atoms with Gasteiger partial charge in [-0.15, -0.1) is 0 Å². The number of aliphatic carboxylic acids is 1. The van der Waals surface area contributed by atoms with Gasteiger partial charge in [0.15, 0.2) is 6.29 Å². The monoisotopic (exact) mass is 551 g/mol. The molecule has 1 aliphatic carbocycles. The highest BCUT2D eigenvalue weighted by Crippen LogP contribution is 2.58. The number of halogens is 2. The molecule has 0 bridgehead atoms. The fourth-order valence-electron chi connectivity index (χ4n) is 5.28. The summed E-state index contributed by atoms with van der Waals surface area (Å²) in [6.07, 6.45) is 1.02. The smallest absolute Gasteiger partial charge is 0.326 e. The maximum absolute atomic E-state index is 13.3. The van der Waals surface area contributed by atoms with Crippen LogP contribution in [-0.2, 0) is 32.1 Å². The van der Waals surface area contributed by atoms with Crippen LogP contribution in [0.1, 0.15) is 44.7 Å². The summed E-state index contributed by atoms with van der Waals surface area (Å²) in [5.74, 6) is -1.15. The Bertz CT molecular complexity index is 1080. The topological polar surface area (TPSA) is 94.1 Å². The molecule has 0 aromatic heterocycles. The molecular formula is C28H35Cl2NO6. The molecule has 0 heterocycles. The Kier molecular flexibility index (Phi) is 9.51. The first-order valence-corrected chi connectivity index (χ1v) is 12.9. The van der Waals surface area contributed by atoms with E-state index in [0.717, 1.165) is 12.0 Å². The third-order valence-corrected chi connectivity index (χ3v) is 8.69. The van der Waals surface area contributed by atoms with Crippen molar-refractivity contribution in [3.05, 3.63) is 63.6 Å². The molecule has 0 saturated heterocycles. The average Bonchev–Trinajstić information content (AvgIpc) is 3.09. The molecule has 202 valence electrons. The number of ether oxygens (including phenoxy) is 3. The van der Waals surface area contributed by atoms with Crippen molar-refractivity contribution in [2.75, 3.05) is 14.2 Å². The van der Waals surface area contributed by atoms with Gasteiger partial charge in [0.05, 0.1) is 0 Å². The number of carbonyl (C=O) groups excluding carboxylic acids is 1. The molecule has 2 aromatic rings. The van der Waals surface area contributed by atoms with E-state index in [9.17, 15) is 14.7 Å². The Balaban J connectivity index is 1.64. The summed E-state index contributed by atoms with van der Waals surface area (Å²) >= 11 is 12.4. The standard InChI is InChI=1S/C28H35Cl2NO6/c1-27(2)20(13-14-28(27,3)26(35-4)36-5)24(32)31-23(25(33)34)15-17-9-11-18(12-10-17)37-16-19-21(29)7-6-8-22(19)30/h6-12,20,23,26H,13-16H2,1-5H3,(H,31,32)(H,33,34)/t20-,23+,28+/m1/s1. The first-order valence-electron chi connectivity index (χ1n) is 12.2. The number of amides is 1. The van der Waals surface area contributed by atoms with Crippen LogP contribution in [0.4, 0.5) is 0 Å². The summed E-state index contributed by atoms with van der Waals surface area (Å²) in [4.78, 5) is 25.3. The predicted octanol–water partition coefficient (Wildman–Crippen LogP) is 5.75. The highest BCUT2D eigenvalue weighted by Gasteiger charge is 2.58. The second-order valence-electron chi connectivity index (χ2n) is 10.3. The number of carboxylic acids is 1. The predicted molar refractivity (Wildman–Crippen MR) is 143 cm³/mol. The van der Waals surface area contributed by atoms with E-state index in [-0.39, 0.29) is 24.9 Å². The molecule has 3 rings (SSSR count). The van der Waals surface area contributed by atoms with Gasteiger partial charge in [-0.25, -0.2) is 4.79 Å². The molecule has 3 atom stereocenters. The van der Waals surface area contributed by atoms with Crippen LogP contribution in [0, 0.1) is 16.7 Å². The number of rotatable bonds is 11. The molecular weight excluding hydrogens is 517 g/mol. The van der Waals surface area contributed by atoms with Gasteiger partial charge >= 0.3 is 5.97 Å². The summed E-state index contributed by atoms with van der Waals surface area (Å²) in [6, 6.07) is 11.3. The number of benzene rings is 2. The van der Waals surface area contributed by atoms with Gasteiger partial charge in [0.2, 0.25) is 5.91 Å². The van der Waals surface area contributed by atoms with Crippen molar-refractivity contribution < 1.29 is 28.9 Å². The van der Waals surface area contributed by atoms with Crippen molar-refractivity contribution in [1.82, 2.24) is 5.32 Å². The molecule has 2 aromatic carbocycles. The Morgan fingerprint density at radius 1 is 1.05 bits per heavy atom. The lowest BCUT2D eigenvalue weighted by Crippen LogP contribution is -2.51. The van der Waals surface area contributed by atoms with Gasteiger partial charge in [-0.05, 0) is 48.1 Å². The molecule has 7 nitrogen and oxygen atoms in total. The molecule has 0 aliphatic heterocycles. The number of hydrogen-bond acceptors (Lipinski definition) is 5. The highest BCUT2D eigenvalue weighted by molar-refractivity contribution is 6.35. The second-order valence-corrected chi connectivity index (χ2v) is 11.1. The first kappa shape index (κ1) is 29.2. The highest BCUT2D eigenvalue weighted by atomic mass is 35.5. The Morgan fingerprint density at radius 2 is 1.65 bits per heavy atom. The van der Waals surface area contributed by atoms with E-state index in [2.05, 4.69) is 12.2 Å². The van der Waals surface area contributed by atoms with Gasteiger partial charge < -0.3 is 24.6 Å². The van der Waals surface area contributed by atoms with Crippen molar-refractivity contribution in [3.63, 3.8) is 0 Å². The van der Waals surface area contributed by atoms with E-state index < -0.39 is 29.1 Å². The second kappa shape index (κ2) is 12.0. The third kappa shape index (κ3) is 6.23. The van der Waals surface area contributed by atoms with Crippen LogP contribution in [0.2, 0.25) is 10.0 Å². The quantitative estimate of drug-likeness (QED) is 0.345. The minimum atomic E-state index is -1.09. The normalized spacial score (nSPS) is 21.6. The summed E-state index contributed by atoms with van der Waals surface area (Å²) in [5, 5.41) is 13.7. The number of methoxy groups -OCH3 is 2. The molecule has 1 fully saturated rings. The molecule has 0 spiro atoms. The fourth-order valence-corrected chi connectivity index (χ4v) is 5.78. The van der Waals surface area contributed by atoms with Crippen LogP contribution in [0.5, 0.6) is 5.75 Å². The molecule has 1 aliphatic rings. The summed E-state index contributed by atoms with van der Waals surface area (Å²) < 4.78 is 16.9. The Labute approximate surface area is 228 Å². The van der Waals surface area contributed by atoms with Gasteiger partial charge in [0.1, 0.15) is 18.4 Å². The molecule has 1 saturated carbocycles. The van der Waals surface area contributed by atoms with Crippen molar-refractivity contribution in [3.8, 4) is 5.75 Å². The fraction of sp³-hybridized carbons (Fsp3) is 0.500. The van der Waals surface area contributed by atoms with Crippen LogP contribution in [0.15, 0.2) is 42.5 Å². The SMILES string of the molecule is COC(OC)[C@]1(C)CC[C@H](C(=O)N[C@@H](Cc2ccc(OCc3c(Cl)cccc3Cl)cc2)C(=O)O)C1(C)C. The maximum Gasteiger partial charge on any atom is 0.326 e. The number of carbonyl (C=O) groups is 2. The lowest BCUT2D eigenvalue weighted by Gasteiger charge is -2.44. The minimum Gasteiger partial charge on any atom is -0.489 e. The van der Waals surface area contributed by atoms with Gasteiger partial charge in [0, 0.05) is 47.6 Å². The first-order chi connectivity index (χ1) is 17.4. The van der Waals surface area contributed by atoms with Crippen molar-refractivity contribution in [1.29, 1.82) is 0 Å². The van der Waals surface area contributed by atoms with Crippen LogP contribution in [0.25, 0.3) is 0 Å². The van der Waals surface area contributed by atoms with E-state index in [1.165, 1.54) is 0 Å². The van der Waals surface area contributed by atoms with E-state index in [4.69, 9.17) is 37.4 Å². The minimum absolute atomic E-state index is 0.140. The molecule has 1 amide bonds. The zero-order valence-corrected chi connectivity index (χ0v) is 23.4. The van der Waals surface area contributed by atoms with Crippen LogP contribution >= 0.6 is 23.2 Å². The lowest BCUT2D eigenvalue weighted by atomic mass is 9.65. The van der Waals surface area contributed by atoms with E-state index in [1.807, 2.05) is 13.8 Å². The zero-order chi connectivity index (χ0) is 27.4. The van der Waals surface area contributed by atoms with Gasteiger partial charge in [-0.2, -0.15) is 0 Å². The third-order valence-electron chi connectivity index (χ3n) is 7.98. The Hall–Kier alpha value is -2.32. The largest absolute Gasteiger partial charge is 0.489 e. The molecule has 0 unspecified atom stereocenters. The molecule has 37 heavy (non-hydrogen) atoms. The molecule has 2 N–H and O–H groups in total. The van der Waals surface area contributed by atoms with Crippen molar-refractivity contribution >= 4 is 35.1 Å². The van der Waals surface area contributed by atoms with Gasteiger partial charge in [-0.1, -0.05) is 62.2 Å².